The highest BCUT2D eigenvalue weighted by atomic mass is 32.2. The van der Waals surface area contributed by atoms with Gasteiger partial charge in [-0.05, 0) is 30.5 Å². The number of sulfonamides is 1. The number of anilines is 1. The van der Waals surface area contributed by atoms with E-state index in [0.29, 0.717) is 23.9 Å². The standard InChI is InChI=1S/C12H18N2O3S/c1-17-11-5-4-10(13)8-12(11)18(15,16)14-7-6-9-2-3-9/h4-5,8-9,14H,2-3,6-7,13H2,1H3. The zero-order valence-electron chi connectivity index (χ0n) is 10.3. The van der Waals surface area contributed by atoms with E-state index in [4.69, 9.17) is 10.5 Å². The fourth-order valence-electron chi connectivity index (χ4n) is 1.78. The molecule has 6 heteroatoms. The smallest absolute Gasteiger partial charge is 0.244 e. The molecule has 0 atom stereocenters. The molecular weight excluding hydrogens is 252 g/mol. The van der Waals surface area contributed by atoms with Crippen LogP contribution in [0.1, 0.15) is 19.3 Å². The van der Waals surface area contributed by atoms with E-state index in [2.05, 4.69) is 4.72 Å². The van der Waals surface area contributed by atoms with Gasteiger partial charge >= 0.3 is 0 Å². The lowest BCUT2D eigenvalue weighted by atomic mass is 10.3. The van der Waals surface area contributed by atoms with E-state index in [-0.39, 0.29) is 4.90 Å². The first-order valence-electron chi connectivity index (χ1n) is 5.96. The number of ether oxygens (including phenoxy) is 1. The Morgan fingerprint density at radius 1 is 1.44 bits per heavy atom. The van der Waals surface area contributed by atoms with Gasteiger partial charge in [-0.15, -0.1) is 0 Å². The summed E-state index contributed by atoms with van der Waals surface area (Å²) in [6.07, 6.45) is 3.32. The number of benzene rings is 1. The van der Waals surface area contributed by atoms with Crippen molar-refractivity contribution in [2.75, 3.05) is 19.4 Å². The van der Waals surface area contributed by atoms with E-state index in [9.17, 15) is 8.42 Å². The van der Waals surface area contributed by atoms with E-state index in [0.717, 1.165) is 6.42 Å². The molecule has 2 rings (SSSR count). The summed E-state index contributed by atoms with van der Waals surface area (Å²) in [6.45, 7) is 0.463. The predicted octanol–water partition coefficient (Wildman–Crippen LogP) is 1.36. The van der Waals surface area contributed by atoms with Crippen molar-refractivity contribution >= 4 is 15.7 Å². The van der Waals surface area contributed by atoms with Crippen molar-refractivity contribution in [2.45, 2.75) is 24.2 Å². The van der Waals surface area contributed by atoms with Gasteiger partial charge in [0.2, 0.25) is 10.0 Å². The maximum absolute atomic E-state index is 12.1. The van der Waals surface area contributed by atoms with Gasteiger partial charge < -0.3 is 10.5 Å². The number of nitrogens with one attached hydrogen (secondary N) is 1. The third kappa shape index (κ3) is 3.14. The maximum Gasteiger partial charge on any atom is 0.244 e. The second-order valence-electron chi connectivity index (χ2n) is 4.54. The van der Waals surface area contributed by atoms with Gasteiger partial charge in [0, 0.05) is 12.2 Å². The molecule has 0 unspecified atom stereocenters. The van der Waals surface area contributed by atoms with Gasteiger partial charge in [-0.1, -0.05) is 12.8 Å². The average Bonchev–Trinajstić information content (AvgIpc) is 3.13. The minimum Gasteiger partial charge on any atom is -0.495 e. The van der Waals surface area contributed by atoms with Crippen molar-refractivity contribution in [1.82, 2.24) is 4.72 Å². The van der Waals surface area contributed by atoms with Crippen LogP contribution in [0.4, 0.5) is 5.69 Å². The molecular formula is C12H18N2O3S. The molecule has 0 bridgehead atoms. The van der Waals surface area contributed by atoms with Gasteiger partial charge in [0.05, 0.1) is 7.11 Å². The van der Waals surface area contributed by atoms with Crippen LogP contribution in [0.3, 0.4) is 0 Å². The molecule has 1 saturated carbocycles. The zero-order valence-corrected chi connectivity index (χ0v) is 11.2. The summed E-state index contributed by atoms with van der Waals surface area (Å²) < 4.78 is 31.9. The molecule has 1 aliphatic carbocycles. The normalized spacial score (nSPS) is 15.6. The Morgan fingerprint density at radius 2 is 2.17 bits per heavy atom. The van der Waals surface area contributed by atoms with E-state index in [1.54, 1.807) is 12.1 Å². The molecule has 1 aromatic rings. The van der Waals surface area contributed by atoms with Crippen LogP contribution in [-0.4, -0.2) is 22.1 Å². The van der Waals surface area contributed by atoms with Crippen LogP contribution in [-0.2, 0) is 10.0 Å². The highest BCUT2D eigenvalue weighted by Gasteiger charge is 2.23. The first-order valence-corrected chi connectivity index (χ1v) is 7.44. The summed E-state index contributed by atoms with van der Waals surface area (Å²) in [7, 11) is -2.11. The van der Waals surface area contributed by atoms with Crippen LogP contribution in [0.25, 0.3) is 0 Å². The minimum absolute atomic E-state index is 0.0980. The molecule has 0 aliphatic heterocycles. The highest BCUT2D eigenvalue weighted by Crippen LogP contribution is 2.32. The minimum atomic E-state index is -3.55. The fourth-order valence-corrected chi connectivity index (χ4v) is 3.03. The van der Waals surface area contributed by atoms with E-state index in [1.807, 2.05) is 0 Å². The fraction of sp³-hybridized carbons (Fsp3) is 0.500. The highest BCUT2D eigenvalue weighted by molar-refractivity contribution is 7.89. The van der Waals surface area contributed by atoms with Crippen molar-refractivity contribution in [1.29, 1.82) is 0 Å². The lowest BCUT2D eigenvalue weighted by Crippen LogP contribution is -2.25. The summed E-state index contributed by atoms with van der Waals surface area (Å²) >= 11 is 0. The molecule has 1 aromatic carbocycles. The molecule has 0 aromatic heterocycles. The summed E-state index contributed by atoms with van der Waals surface area (Å²) in [6, 6.07) is 4.59. The Balaban J connectivity index is 2.13. The Hall–Kier alpha value is -1.27. The zero-order chi connectivity index (χ0) is 13.2. The van der Waals surface area contributed by atoms with Gasteiger partial charge in [-0.2, -0.15) is 0 Å². The number of hydrogen-bond donors (Lipinski definition) is 2. The van der Waals surface area contributed by atoms with Crippen molar-refractivity contribution in [2.24, 2.45) is 5.92 Å². The summed E-state index contributed by atoms with van der Waals surface area (Å²) in [5, 5.41) is 0. The average molecular weight is 270 g/mol. The molecule has 1 aliphatic rings. The number of methoxy groups -OCH3 is 1. The van der Waals surface area contributed by atoms with E-state index in [1.165, 1.54) is 26.0 Å². The Morgan fingerprint density at radius 3 is 2.78 bits per heavy atom. The number of nitrogens with two attached hydrogens (primary N) is 1. The summed E-state index contributed by atoms with van der Waals surface area (Å²) in [5.74, 6) is 0.999. The van der Waals surface area contributed by atoms with Crippen molar-refractivity contribution in [3.05, 3.63) is 18.2 Å². The lowest BCUT2D eigenvalue weighted by molar-refractivity contribution is 0.402. The topological polar surface area (TPSA) is 81.4 Å². The molecule has 0 radical (unpaired) electrons. The van der Waals surface area contributed by atoms with Gasteiger partial charge in [-0.25, -0.2) is 13.1 Å². The predicted molar refractivity (Wildman–Crippen MR) is 69.9 cm³/mol. The largest absolute Gasteiger partial charge is 0.495 e. The number of nitrogen functional groups attached to an aromatic ring is 1. The summed E-state index contributed by atoms with van der Waals surface area (Å²) in [4.78, 5) is 0.0980. The number of rotatable bonds is 6. The van der Waals surface area contributed by atoms with Gasteiger partial charge in [-0.3, -0.25) is 0 Å². The molecule has 0 amide bonds. The van der Waals surface area contributed by atoms with Crippen LogP contribution >= 0.6 is 0 Å². The maximum atomic E-state index is 12.1. The van der Waals surface area contributed by atoms with Crippen molar-refractivity contribution in [3.8, 4) is 5.75 Å². The molecule has 0 spiro atoms. The van der Waals surface area contributed by atoms with Crippen molar-refractivity contribution < 1.29 is 13.2 Å². The lowest BCUT2D eigenvalue weighted by Gasteiger charge is -2.11. The van der Waals surface area contributed by atoms with Crippen LogP contribution in [0, 0.1) is 5.92 Å². The molecule has 3 N–H and O–H groups in total. The van der Waals surface area contributed by atoms with Crippen molar-refractivity contribution in [3.63, 3.8) is 0 Å². The van der Waals surface area contributed by atoms with Crippen LogP contribution < -0.4 is 15.2 Å². The Bertz CT molecular complexity index is 524. The van der Waals surface area contributed by atoms with E-state index >= 15 is 0 Å². The molecule has 5 nitrogen and oxygen atoms in total. The Kier molecular flexibility index (Phi) is 3.77. The quantitative estimate of drug-likeness (QED) is 0.765. The van der Waals surface area contributed by atoms with Crippen LogP contribution in [0.5, 0.6) is 5.75 Å². The monoisotopic (exact) mass is 270 g/mol. The summed E-state index contributed by atoms with van der Waals surface area (Å²) in [5.41, 5.74) is 6.02. The van der Waals surface area contributed by atoms with Crippen LogP contribution in [0.2, 0.25) is 0 Å². The SMILES string of the molecule is COc1ccc(N)cc1S(=O)(=O)NCCC1CC1. The third-order valence-corrected chi connectivity index (χ3v) is 4.50. The van der Waals surface area contributed by atoms with Gasteiger partial charge in [0.1, 0.15) is 10.6 Å². The molecule has 100 valence electrons. The molecule has 0 saturated heterocycles. The third-order valence-electron chi connectivity index (χ3n) is 3.02. The first-order chi connectivity index (χ1) is 8.53. The van der Waals surface area contributed by atoms with E-state index < -0.39 is 10.0 Å². The number of hydrogen-bond acceptors (Lipinski definition) is 4. The second-order valence-corrected chi connectivity index (χ2v) is 6.28. The van der Waals surface area contributed by atoms with Gasteiger partial charge in [0.25, 0.3) is 0 Å². The second kappa shape index (κ2) is 5.16. The molecule has 0 heterocycles. The van der Waals surface area contributed by atoms with Crippen LogP contribution in [0.15, 0.2) is 23.1 Å². The molecule has 18 heavy (non-hydrogen) atoms. The first kappa shape index (κ1) is 13.2. The Labute approximate surface area is 107 Å². The molecule has 1 fully saturated rings. The van der Waals surface area contributed by atoms with Gasteiger partial charge in [0.15, 0.2) is 0 Å².